The minimum Gasteiger partial charge on any atom is -0.399 e. The Hall–Kier alpha value is -1.09. The predicted molar refractivity (Wildman–Crippen MR) is 71.6 cm³/mol. The number of nitrogens with two attached hydrogens (primary N) is 1. The Labute approximate surface area is 108 Å². The number of halogens is 1. The molecule has 0 aromatic heterocycles. The number of hydrogen-bond donors (Lipinski definition) is 1. The van der Waals surface area contributed by atoms with Crippen LogP contribution in [-0.2, 0) is 11.3 Å². The zero-order valence-electron chi connectivity index (χ0n) is 11.2. The molecular formula is C15H22FNO. The number of anilines is 1. The van der Waals surface area contributed by atoms with Crippen molar-refractivity contribution in [3.63, 3.8) is 0 Å². The van der Waals surface area contributed by atoms with Gasteiger partial charge in [0.25, 0.3) is 0 Å². The van der Waals surface area contributed by atoms with E-state index in [0.717, 1.165) is 18.4 Å². The molecular weight excluding hydrogens is 229 g/mol. The van der Waals surface area contributed by atoms with Crippen molar-refractivity contribution < 1.29 is 9.13 Å². The predicted octanol–water partition coefficient (Wildman–Crippen LogP) is 3.89. The Morgan fingerprint density at radius 3 is 2.56 bits per heavy atom. The first kappa shape index (κ1) is 13.3. The molecule has 1 aromatic carbocycles. The summed E-state index contributed by atoms with van der Waals surface area (Å²) in [6.45, 7) is 5.06. The van der Waals surface area contributed by atoms with E-state index in [1.807, 2.05) is 0 Å². The van der Waals surface area contributed by atoms with Crippen LogP contribution < -0.4 is 5.73 Å². The van der Waals surface area contributed by atoms with Crippen LogP contribution in [0.2, 0.25) is 0 Å². The Balaban J connectivity index is 1.85. The van der Waals surface area contributed by atoms with Crippen molar-refractivity contribution in [1.82, 2.24) is 0 Å². The normalized spacial score (nSPS) is 19.9. The van der Waals surface area contributed by atoms with Crippen molar-refractivity contribution in [2.45, 2.75) is 52.2 Å². The zero-order valence-corrected chi connectivity index (χ0v) is 11.2. The Bertz CT molecular complexity index is 387. The van der Waals surface area contributed by atoms with Crippen molar-refractivity contribution in [2.24, 2.45) is 5.41 Å². The summed E-state index contributed by atoms with van der Waals surface area (Å²) in [5.74, 6) is -0.293. The molecule has 0 saturated heterocycles. The van der Waals surface area contributed by atoms with Gasteiger partial charge in [0.2, 0.25) is 0 Å². The number of nitrogen functional groups attached to an aromatic ring is 1. The Morgan fingerprint density at radius 1 is 1.28 bits per heavy atom. The minimum atomic E-state index is -0.293. The molecule has 2 nitrogen and oxygen atoms in total. The summed E-state index contributed by atoms with van der Waals surface area (Å²) < 4.78 is 19.0. The fourth-order valence-corrected chi connectivity index (χ4v) is 2.51. The van der Waals surface area contributed by atoms with Gasteiger partial charge in [0.05, 0.1) is 12.7 Å². The van der Waals surface area contributed by atoms with Gasteiger partial charge in [-0.15, -0.1) is 0 Å². The molecule has 0 atom stereocenters. The number of benzene rings is 1. The molecule has 0 bridgehead atoms. The van der Waals surface area contributed by atoms with Crippen molar-refractivity contribution in [3.8, 4) is 0 Å². The highest BCUT2D eigenvalue weighted by molar-refractivity contribution is 5.41. The van der Waals surface area contributed by atoms with Crippen molar-refractivity contribution in [3.05, 3.63) is 29.6 Å². The SMILES string of the molecule is CC1(C)CCC(OCc2cc(N)cc(F)c2)CC1. The third-order valence-corrected chi connectivity index (χ3v) is 3.75. The first-order valence-electron chi connectivity index (χ1n) is 6.61. The van der Waals surface area contributed by atoms with Crippen molar-refractivity contribution >= 4 is 5.69 Å². The highest BCUT2D eigenvalue weighted by Crippen LogP contribution is 2.36. The minimum absolute atomic E-state index is 0.293. The van der Waals surface area contributed by atoms with E-state index < -0.39 is 0 Å². The molecule has 1 aliphatic carbocycles. The monoisotopic (exact) mass is 251 g/mol. The summed E-state index contributed by atoms with van der Waals surface area (Å²) in [6, 6.07) is 4.59. The maximum absolute atomic E-state index is 13.2. The third kappa shape index (κ3) is 3.70. The second kappa shape index (κ2) is 5.27. The van der Waals surface area contributed by atoms with Gasteiger partial charge in [0.1, 0.15) is 5.82 Å². The van der Waals surface area contributed by atoms with Crippen molar-refractivity contribution in [1.29, 1.82) is 0 Å². The van der Waals surface area contributed by atoms with Crippen LogP contribution in [0.1, 0.15) is 45.1 Å². The zero-order chi connectivity index (χ0) is 13.2. The van der Waals surface area contributed by atoms with Gasteiger partial charge in [-0.2, -0.15) is 0 Å². The smallest absolute Gasteiger partial charge is 0.125 e. The first-order valence-corrected chi connectivity index (χ1v) is 6.61. The molecule has 0 heterocycles. The van der Waals surface area contributed by atoms with E-state index in [4.69, 9.17) is 10.5 Å². The lowest BCUT2D eigenvalue weighted by molar-refractivity contribution is -0.00564. The topological polar surface area (TPSA) is 35.2 Å². The van der Waals surface area contributed by atoms with E-state index in [9.17, 15) is 4.39 Å². The number of rotatable bonds is 3. The van der Waals surface area contributed by atoms with E-state index in [-0.39, 0.29) is 5.82 Å². The lowest BCUT2D eigenvalue weighted by Crippen LogP contribution is -2.26. The second-order valence-electron chi connectivity index (χ2n) is 6.07. The van der Waals surface area contributed by atoms with Crippen LogP contribution in [0, 0.1) is 11.2 Å². The largest absolute Gasteiger partial charge is 0.399 e. The molecule has 1 aliphatic rings. The summed E-state index contributed by atoms with van der Waals surface area (Å²) in [6.07, 6.45) is 4.89. The molecule has 1 saturated carbocycles. The van der Waals surface area contributed by atoms with Gasteiger partial charge in [-0.25, -0.2) is 4.39 Å². The molecule has 0 radical (unpaired) electrons. The standard InChI is InChI=1S/C15H22FNO/c1-15(2)5-3-14(4-6-15)18-10-11-7-12(16)9-13(17)8-11/h7-9,14H,3-6,10,17H2,1-2H3. The van der Waals surface area contributed by atoms with Crippen LogP contribution in [0.15, 0.2) is 18.2 Å². The van der Waals surface area contributed by atoms with Gasteiger partial charge in [-0.05, 0) is 54.9 Å². The van der Waals surface area contributed by atoms with Crippen LogP contribution in [0.4, 0.5) is 10.1 Å². The second-order valence-corrected chi connectivity index (χ2v) is 6.07. The van der Waals surface area contributed by atoms with E-state index in [1.165, 1.54) is 25.0 Å². The molecule has 0 spiro atoms. The summed E-state index contributed by atoms with van der Waals surface area (Å²) >= 11 is 0. The molecule has 100 valence electrons. The quantitative estimate of drug-likeness (QED) is 0.827. The Morgan fingerprint density at radius 2 is 1.94 bits per heavy atom. The first-order chi connectivity index (χ1) is 8.44. The van der Waals surface area contributed by atoms with Crippen LogP contribution in [0.3, 0.4) is 0 Å². The molecule has 0 aliphatic heterocycles. The lowest BCUT2D eigenvalue weighted by atomic mass is 9.76. The number of ether oxygens (including phenoxy) is 1. The van der Waals surface area contributed by atoms with E-state index >= 15 is 0 Å². The fraction of sp³-hybridized carbons (Fsp3) is 0.600. The summed E-state index contributed by atoms with van der Waals surface area (Å²) in [5, 5.41) is 0. The van der Waals surface area contributed by atoms with Gasteiger partial charge < -0.3 is 10.5 Å². The summed E-state index contributed by atoms with van der Waals surface area (Å²) in [4.78, 5) is 0. The van der Waals surface area contributed by atoms with E-state index in [2.05, 4.69) is 13.8 Å². The molecule has 2 rings (SSSR count). The Kier molecular flexibility index (Phi) is 3.91. The highest BCUT2D eigenvalue weighted by atomic mass is 19.1. The van der Waals surface area contributed by atoms with Gasteiger partial charge >= 0.3 is 0 Å². The maximum Gasteiger partial charge on any atom is 0.125 e. The molecule has 3 heteroatoms. The van der Waals surface area contributed by atoms with Crippen LogP contribution in [-0.4, -0.2) is 6.10 Å². The van der Waals surface area contributed by atoms with Crippen molar-refractivity contribution in [2.75, 3.05) is 5.73 Å². The fourth-order valence-electron chi connectivity index (χ4n) is 2.51. The lowest BCUT2D eigenvalue weighted by Gasteiger charge is -2.34. The number of hydrogen-bond acceptors (Lipinski definition) is 2. The van der Waals surface area contributed by atoms with Crippen LogP contribution in [0.5, 0.6) is 0 Å². The molecule has 1 aromatic rings. The van der Waals surface area contributed by atoms with Gasteiger partial charge in [-0.1, -0.05) is 13.8 Å². The average molecular weight is 251 g/mol. The molecule has 2 N–H and O–H groups in total. The van der Waals surface area contributed by atoms with Gasteiger partial charge in [0.15, 0.2) is 0 Å². The third-order valence-electron chi connectivity index (χ3n) is 3.75. The van der Waals surface area contributed by atoms with E-state index in [0.29, 0.717) is 23.8 Å². The van der Waals surface area contributed by atoms with Gasteiger partial charge in [-0.3, -0.25) is 0 Å². The summed E-state index contributed by atoms with van der Waals surface area (Å²) in [5.41, 5.74) is 7.33. The molecule has 18 heavy (non-hydrogen) atoms. The summed E-state index contributed by atoms with van der Waals surface area (Å²) in [7, 11) is 0. The molecule has 0 amide bonds. The molecule has 0 unspecified atom stereocenters. The van der Waals surface area contributed by atoms with Crippen LogP contribution in [0.25, 0.3) is 0 Å². The maximum atomic E-state index is 13.2. The van der Waals surface area contributed by atoms with Gasteiger partial charge in [0, 0.05) is 5.69 Å². The van der Waals surface area contributed by atoms with Crippen LogP contribution >= 0.6 is 0 Å². The van der Waals surface area contributed by atoms with E-state index in [1.54, 1.807) is 6.07 Å². The average Bonchev–Trinajstić information content (AvgIpc) is 2.26. The highest BCUT2D eigenvalue weighted by Gasteiger charge is 2.27. The molecule has 1 fully saturated rings.